The highest BCUT2D eigenvalue weighted by molar-refractivity contribution is 8.01. The van der Waals surface area contributed by atoms with Gasteiger partial charge in [-0.1, -0.05) is 57.2 Å². The molecule has 2 amide bonds. The first kappa shape index (κ1) is 29.1. The van der Waals surface area contributed by atoms with Crippen molar-refractivity contribution in [3.63, 3.8) is 0 Å². The summed E-state index contributed by atoms with van der Waals surface area (Å²) in [5.74, 6) is -0.376. The average molecular weight is 585 g/mol. The van der Waals surface area contributed by atoms with Crippen molar-refractivity contribution in [1.29, 1.82) is 0 Å². The number of benzene rings is 1. The number of hydrogen-bond donors (Lipinski definition) is 2. The van der Waals surface area contributed by atoms with Crippen molar-refractivity contribution in [2.75, 3.05) is 12.3 Å². The lowest BCUT2D eigenvalue weighted by Crippen LogP contribution is -2.55. The SMILES string of the molecule is CC1(C)C2CCC1(C)C(OC(=O)C1CCCN1C(=O)C(CSc1cccs1)NC(=O)C(O)Cc1ccccc1)C2. The number of nitrogens with zero attached hydrogens (tertiary/aromatic N) is 1. The number of amides is 2. The van der Waals surface area contributed by atoms with E-state index in [1.807, 2.05) is 47.8 Å². The third kappa shape index (κ3) is 5.70. The third-order valence-electron chi connectivity index (χ3n) is 9.86. The molecule has 2 bridgehead atoms. The molecule has 1 saturated heterocycles. The van der Waals surface area contributed by atoms with E-state index in [9.17, 15) is 19.5 Å². The predicted molar refractivity (Wildman–Crippen MR) is 157 cm³/mol. The summed E-state index contributed by atoms with van der Waals surface area (Å²) in [4.78, 5) is 42.0. The molecule has 6 unspecified atom stereocenters. The van der Waals surface area contributed by atoms with E-state index in [0.29, 0.717) is 31.1 Å². The molecule has 2 aromatic rings. The Morgan fingerprint density at radius 2 is 1.93 bits per heavy atom. The fraction of sp³-hybridized carbons (Fsp3) is 0.581. The van der Waals surface area contributed by atoms with E-state index in [-0.39, 0.29) is 35.2 Å². The van der Waals surface area contributed by atoms with E-state index in [4.69, 9.17) is 4.74 Å². The van der Waals surface area contributed by atoms with Gasteiger partial charge in [-0.15, -0.1) is 23.1 Å². The smallest absolute Gasteiger partial charge is 0.329 e. The quantitative estimate of drug-likeness (QED) is 0.311. The summed E-state index contributed by atoms with van der Waals surface area (Å²) in [6, 6.07) is 11.7. The summed E-state index contributed by atoms with van der Waals surface area (Å²) >= 11 is 3.05. The Morgan fingerprint density at radius 3 is 2.58 bits per heavy atom. The van der Waals surface area contributed by atoms with Crippen molar-refractivity contribution < 1.29 is 24.2 Å². The predicted octanol–water partition coefficient (Wildman–Crippen LogP) is 4.68. The van der Waals surface area contributed by atoms with Gasteiger partial charge < -0.3 is 20.1 Å². The second kappa shape index (κ2) is 11.9. The maximum absolute atomic E-state index is 13.9. The number of ether oxygens (including phenoxy) is 1. The van der Waals surface area contributed by atoms with Crippen LogP contribution in [0.25, 0.3) is 0 Å². The fourth-order valence-corrected chi connectivity index (χ4v) is 8.71. The molecule has 0 spiro atoms. The number of carbonyl (C=O) groups is 3. The molecule has 2 saturated carbocycles. The van der Waals surface area contributed by atoms with Crippen LogP contribution in [-0.4, -0.2) is 64.4 Å². The summed E-state index contributed by atoms with van der Waals surface area (Å²) in [5, 5.41) is 15.4. The van der Waals surface area contributed by atoms with Crippen LogP contribution in [0.5, 0.6) is 0 Å². The van der Waals surface area contributed by atoms with E-state index < -0.39 is 24.1 Å². The van der Waals surface area contributed by atoms with Crippen molar-refractivity contribution in [1.82, 2.24) is 10.2 Å². The minimum Gasteiger partial charge on any atom is -0.460 e. The second-order valence-corrected chi connectivity index (χ2v) is 14.5. The van der Waals surface area contributed by atoms with Crippen molar-refractivity contribution in [3.05, 3.63) is 53.4 Å². The van der Waals surface area contributed by atoms with Gasteiger partial charge in [-0.25, -0.2) is 4.79 Å². The summed E-state index contributed by atoms with van der Waals surface area (Å²) in [5.41, 5.74) is 0.905. The second-order valence-electron chi connectivity index (χ2n) is 12.2. The van der Waals surface area contributed by atoms with Crippen LogP contribution in [0.4, 0.5) is 0 Å². The highest BCUT2D eigenvalue weighted by Gasteiger charge is 2.63. The van der Waals surface area contributed by atoms with Gasteiger partial charge in [0.25, 0.3) is 0 Å². The first-order valence-corrected chi connectivity index (χ1v) is 16.2. The number of likely N-dealkylation sites (tertiary alicyclic amines) is 1. The Labute approximate surface area is 245 Å². The summed E-state index contributed by atoms with van der Waals surface area (Å²) in [6.45, 7) is 7.25. The molecule has 1 aliphatic heterocycles. The maximum atomic E-state index is 13.9. The van der Waals surface area contributed by atoms with Crippen molar-refractivity contribution in [3.8, 4) is 0 Å². The Bertz CT molecular complexity index is 1200. The Kier molecular flexibility index (Phi) is 8.64. The van der Waals surface area contributed by atoms with Crippen molar-refractivity contribution in [2.45, 2.75) is 87.8 Å². The maximum Gasteiger partial charge on any atom is 0.329 e. The lowest BCUT2D eigenvalue weighted by atomic mass is 9.70. The molecule has 1 aromatic heterocycles. The molecule has 1 aromatic carbocycles. The minimum atomic E-state index is -1.29. The molecule has 7 nitrogen and oxygen atoms in total. The molecule has 3 fully saturated rings. The number of aliphatic hydroxyl groups is 1. The molecule has 216 valence electrons. The van der Waals surface area contributed by atoms with Crippen LogP contribution >= 0.6 is 23.1 Å². The zero-order valence-electron chi connectivity index (χ0n) is 23.5. The lowest BCUT2D eigenvalue weighted by molar-refractivity contribution is -0.165. The van der Waals surface area contributed by atoms with Crippen LogP contribution in [0, 0.1) is 16.7 Å². The van der Waals surface area contributed by atoms with E-state index in [0.717, 1.165) is 22.6 Å². The fourth-order valence-electron chi connectivity index (χ4n) is 6.89. The zero-order chi connectivity index (χ0) is 28.5. The Morgan fingerprint density at radius 1 is 1.15 bits per heavy atom. The van der Waals surface area contributed by atoms with Gasteiger partial charge in [-0.05, 0) is 60.4 Å². The molecule has 40 heavy (non-hydrogen) atoms. The van der Waals surface area contributed by atoms with Gasteiger partial charge in [0.1, 0.15) is 24.3 Å². The molecule has 2 N–H and O–H groups in total. The highest BCUT2D eigenvalue weighted by atomic mass is 32.2. The Balaban J connectivity index is 1.26. The molecule has 6 atom stereocenters. The van der Waals surface area contributed by atoms with Gasteiger partial charge in [-0.2, -0.15) is 0 Å². The van der Waals surface area contributed by atoms with Crippen LogP contribution in [0.2, 0.25) is 0 Å². The van der Waals surface area contributed by atoms with Crippen LogP contribution in [0.3, 0.4) is 0 Å². The molecule has 9 heteroatoms. The third-order valence-corrected chi connectivity index (χ3v) is 12.1. The van der Waals surface area contributed by atoms with Gasteiger partial charge in [0.15, 0.2) is 0 Å². The first-order valence-electron chi connectivity index (χ1n) is 14.3. The van der Waals surface area contributed by atoms with Gasteiger partial charge in [0.2, 0.25) is 11.8 Å². The molecule has 3 aliphatic rings. The molecule has 2 heterocycles. The van der Waals surface area contributed by atoms with Crippen LogP contribution in [0.1, 0.15) is 58.4 Å². The molecular weight excluding hydrogens is 544 g/mol. The monoisotopic (exact) mass is 584 g/mol. The van der Waals surface area contributed by atoms with E-state index >= 15 is 0 Å². The molecule has 0 radical (unpaired) electrons. The number of carbonyl (C=O) groups excluding carboxylic acids is 3. The lowest BCUT2D eigenvalue weighted by Gasteiger charge is -2.39. The van der Waals surface area contributed by atoms with Gasteiger partial charge in [-0.3, -0.25) is 9.59 Å². The van der Waals surface area contributed by atoms with E-state index in [1.165, 1.54) is 18.2 Å². The minimum absolute atomic E-state index is 0.0521. The number of hydrogen-bond acceptors (Lipinski definition) is 7. The number of esters is 1. The number of rotatable bonds is 10. The number of thioether (sulfide) groups is 1. The number of fused-ring (bicyclic) bond motifs is 2. The normalized spacial score (nSPS) is 28.3. The first-order chi connectivity index (χ1) is 19.1. The zero-order valence-corrected chi connectivity index (χ0v) is 25.1. The Hall–Kier alpha value is -2.36. The average Bonchev–Trinajstić information content (AvgIpc) is 3.71. The number of nitrogens with one attached hydrogen (secondary N) is 1. The summed E-state index contributed by atoms with van der Waals surface area (Å²) in [6.07, 6.45) is 3.09. The largest absolute Gasteiger partial charge is 0.460 e. The van der Waals surface area contributed by atoms with Gasteiger partial charge >= 0.3 is 5.97 Å². The van der Waals surface area contributed by atoms with Crippen LogP contribution < -0.4 is 5.32 Å². The molecule has 5 rings (SSSR count). The highest BCUT2D eigenvalue weighted by Crippen LogP contribution is 2.66. The topological polar surface area (TPSA) is 95.9 Å². The van der Waals surface area contributed by atoms with E-state index in [1.54, 1.807) is 16.2 Å². The van der Waals surface area contributed by atoms with Gasteiger partial charge in [0, 0.05) is 24.1 Å². The van der Waals surface area contributed by atoms with Crippen LogP contribution in [0.15, 0.2) is 52.1 Å². The molecular formula is C31H40N2O5S2. The summed E-state index contributed by atoms with van der Waals surface area (Å²) < 4.78 is 7.20. The van der Waals surface area contributed by atoms with Crippen LogP contribution in [-0.2, 0) is 25.5 Å². The van der Waals surface area contributed by atoms with Crippen molar-refractivity contribution >= 4 is 40.9 Å². The number of thiophene rings is 1. The van der Waals surface area contributed by atoms with E-state index in [2.05, 4.69) is 26.1 Å². The summed E-state index contributed by atoms with van der Waals surface area (Å²) in [7, 11) is 0. The van der Waals surface area contributed by atoms with Crippen molar-refractivity contribution in [2.24, 2.45) is 16.7 Å². The van der Waals surface area contributed by atoms with Gasteiger partial charge in [0.05, 0.1) is 4.21 Å². The number of aliphatic hydroxyl groups excluding tert-OH is 1. The molecule has 2 aliphatic carbocycles. The standard InChI is InChI=1S/C31H40N2O5S2/c1-30(2)21-13-14-31(30,3)25(18-21)38-29(37)23-11-7-15-33(23)28(36)22(19-40-26-12-8-16-39-26)32-27(35)24(34)17-20-9-5-4-6-10-20/h4-6,8-10,12,16,21-25,34H,7,11,13-15,17-19H2,1-3H3,(H,32,35).